The van der Waals surface area contributed by atoms with E-state index < -0.39 is 0 Å². The van der Waals surface area contributed by atoms with Crippen LogP contribution in [0.3, 0.4) is 0 Å². The fraction of sp³-hybridized carbons (Fsp3) is 0. The molecule has 3 heteroatoms. The summed E-state index contributed by atoms with van der Waals surface area (Å²) in [4.78, 5) is 5.05. The molecule has 0 saturated heterocycles. The molecular formula is C60H41BN2. The van der Waals surface area contributed by atoms with Crippen LogP contribution in [0.25, 0.3) is 55.6 Å². The second-order valence-corrected chi connectivity index (χ2v) is 16.5. The van der Waals surface area contributed by atoms with Gasteiger partial charge in [-0.05, 0) is 121 Å². The molecule has 2 nitrogen and oxygen atoms in total. The number of benzene rings is 10. The highest BCUT2D eigenvalue weighted by Crippen LogP contribution is 2.47. The van der Waals surface area contributed by atoms with E-state index in [4.69, 9.17) is 0 Å². The Balaban J connectivity index is 1.17. The molecule has 0 radical (unpaired) electrons. The molecule has 12 rings (SSSR count). The summed E-state index contributed by atoms with van der Waals surface area (Å²) in [5.74, 6) is 0. The van der Waals surface area contributed by atoms with E-state index in [2.05, 4.69) is 259 Å². The van der Waals surface area contributed by atoms with Crippen molar-refractivity contribution in [3.05, 3.63) is 249 Å². The third-order valence-corrected chi connectivity index (χ3v) is 12.9. The van der Waals surface area contributed by atoms with Crippen molar-refractivity contribution in [2.45, 2.75) is 0 Å². The van der Waals surface area contributed by atoms with Crippen LogP contribution in [-0.4, -0.2) is 6.71 Å². The van der Waals surface area contributed by atoms with Gasteiger partial charge in [0, 0.05) is 34.1 Å². The Morgan fingerprint density at radius 2 is 0.635 bits per heavy atom. The van der Waals surface area contributed by atoms with Crippen molar-refractivity contribution >= 4 is 57.2 Å². The van der Waals surface area contributed by atoms with Gasteiger partial charge in [-0.15, -0.1) is 0 Å². The number of hydrogen-bond donors (Lipinski definition) is 0. The monoisotopic (exact) mass is 800 g/mol. The highest BCUT2D eigenvalue weighted by atomic mass is 15.2. The Morgan fingerprint density at radius 1 is 0.238 bits per heavy atom. The minimum Gasteiger partial charge on any atom is -0.311 e. The lowest BCUT2D eigenvalue weighted by Crippen LogP contribution is -2.62. The predicted molar refractivity (Wildman–Crippen MR) is 268 cm³/mol. The molecule has 10 aromatic rings. The smallest absolute Gasteiger partial charge is 0.252 e. The van der Waals surface area contributed by atoms with Crippen LogP contribution in [0.1, 0.15) is 0 Å². The van der Waals surface area contributed by atoms with Gasteiger partial charge < -0.3 is 9.80 Å². The Kier molecular flexibility index (Phi) is 8.97. The van der Waals surface area contributed by atoms with Crippen LogP contribution in [0.5, 0.6) is 0 Å². The molecule has 0 atom stereocenters. The summed E-state index contributed by atoms with van der Waals surface area (Å²) in [6, 6.07) is 91.1. The summed E-state index contributed by atoms with van der Waals surface area (Å²) < 4.78 is 0. The van der Waals surface area contributed by atoms with Gasteiger partial charge in [-0.1, -0.05) is 200 Å². The Labute approximate surface area is 369 Å². The maximum absolute atomic E-state index is 2.53. The maximum atomic E-state index is 2.53. The minimum absolute atomic E-state index is 0.0652. The van der Waals surface area contributed by atoms with Gasteiger partial charge >= 0.3 is 0 Å². The van der Waals surface area contributed by atoms with Crippen LogP contribution in [0, 0.1) is 0 Å². The summed E-state index contributed by atoms with van der Waals surface area (Å²) in [6.07, 6.45) is 0. The first-order valence-corrected chi connectivity index (χ1v) is 21.8. The van der Waals surface area contributed by atoms with Gasteiger partial charge in [0.2, 0.25) is 0 Å². The van der Waals surface area contributed by atoms with E-state index >= 15 is 0 Å². The van der Waals surface area contributed by atoms with E-state index in [0.717, 1.165) is 11.4 Å². The third-order valence-electron chi connectivity index (χ3n) is 12.9. The standard InChI is InChI=1S/C60H41BN2/c1-6-17-42(18-7-1)46-29-34-51(35-30-46)62-55-38-33-49(44-21-10-3-11-22-44)39-54(55)61-59-53(48-25-14-5-15-26-48)27-16-28-56(59)63(52-36-31-47(32-37-52)43-19-8-2-9-20-43)58-41-50(40-57(62)60(58)61)45-23-12-4-13-24-45/h1-41H. The number of fused-ring (bicyclic) bond motifs is 4. The molecule has 2 aliphatic rings. The minimum atomic E-state index is -0.0652. The van der Waals surface area contributed by atoms with Gasteiger partial charge in [0.1, 0.15) is 0 Å². The van der Waals surface area contributed by atoms with Crippen LogP contribution in [-0.2, 0) is 0 Å². The lowest BCUT2D eigenvalue weighted by Gasteiger charge is -2.45. The SMILES string of the molecule is c1ccc(-c2ccc(N3c4ccc(-c5ccccc5)cc4B4c5c(-c6ccccc6)cccc5N(c5ccc(-c6ccccc6)cc5)c5cc(-c6ccccc6)cc3c54)cc2)cc1. The van der Waals surface area contributed by atoms with E-state index in [1.165, 1.54) is 94.8 Å². The van der Waals surface area contributed by atoms with Gasteiger partial charge in [-0.25, -0.2) is 0 Å². The van der Waals surface area contributed by atoms with Gasteiger partial charge in [-0.3, -0.25) is 0 Å². The van der Waals surface area contributed by atoms with Gasteiger partial charge in [0.25, 0.3) is 6.71 Å². The molecule has 0 amide bonds. The summed E-state index contributed by atoms with van der Waals surface area (Å²) in [7, 11) is 0. The molecule has 0 saturated carbocycles. The lowest BCUT2D eigenvalue weighted by atomic mass is 9.32. The first-order valence-electron chi connectivity index (χ1n) is 21.8. The van der Waals surface area contributed by atoms with E-state index in [9.17, 15) is 0 Å². The first kappa shape index (κ1) is 36.7. The molecule has 2 heterocycles. The number of nitrogens with zero attached hydrogens (tertiary/aromatic N) is 2. The molecule has 294 valence electrons. The van der Waals surface area contributed by atoms with Crippen LogP contribution < -0.4 is 26.2 Å². The number of rotatable bonds is 7. The quantitative estimate of drug-likeness (QED) is 0.148. The molecule has 0 aromatic heterocycles. The first-order chi connectivity index (χ1) is 31.3. The van der Waals surface area contributed by atoms with Crippen molar-refractivity contribution in [2.24, 2.45) is 0 Å². The maximum Gasteiger partial charge on any atom is 0.252 e. The highest BCUT2D eigenvalue weighted by Gasteiger charge is 2.45. The summed E-state index contributed by atoms with van der Waals surface area (Å²) in [5.41, 5.74) is 22.9. The summed E-state index contributed by atoms with van der Waals surface area (Å²) in [5, 5.41) is 0. The van der Waals surface area contributed by atoms with Crippen LogP contribution in [0.4, 0.5) is 34.1 Å². The van der Waals surface area contributed by atoms with Crippen molar-refractivity contribution in [1.82, 2.24) is 0 Å². The van der Waals surface area contributed by atoms with Gasteiger partial charge in [0.05, 0.1) is 0 Å². The van der Waals surface area contributed by atoms with Crippen molar-refractivity contribution < 1.29 is 0 Å². The fourth-order valence-corrected chi connectivity index (χ4v) is 9.94. The normalized spacial score (nSPS) is 12.3. The van der Waals surface area contributed by atoms with Gasteiger partial charge in [-0.2, -0.15) is 0 Å². The average Bonchev–Trinajstić information content (AvgIpc) is 3.37. The molecule has 63 heavy (non-hydrogen) atoms. The zero-order valence-corrected chi connectivity index (χ0v) is 34.6. The molecule has 0 unspecified atom stereocenters. The third kappa shape index (κ3) is 6.37. The Hall–Kier alpha value is -8.14. The molecule has 0 aliphatic carbocycles. The molecule has 0 bridgehead atoms. The predicted octanol–water partition coefficient (Wildman–Crippen LogP) is 14.1. The van der Waals surface area contributed by atoms with E-state index in [1.54, 1.807) is 0 Å². The second-order valence-electron chi connectivity index (χ2n) is 16.5. The zero-order valence-electron chi connectivity index (χ0n) is 34.6. The van der Waals surface area contributed by atoms with E-state index in [1.807, 2.05) is 0 Å². The molecule has 10 aromatic carbocycles. The molecule has 0 spiro atoms. The van der Waals surface area contributed by atoms with Gasteiger partial charge in [0.15, 0.2) is 0 Å². The average molecular weight is 801 g/mol. The molecule has 0 N–H and O–H groups in total. The largest absolute Gasteiger partial charge is 0.311 e. The molecular weight excluding hydrogens is 759 g/mol. The fourth-order valence-electron chi connectivity index (χ4n) is 9.94. The van der Waals surface area contributed by atoms with E-state index in [-0.39, 0.29) is 6.71 Å². The molecule has 0 fully saturated rings. The van der Waals surface area contributed by atoms with Crippen molar-refractivity contribution in [2.75, 3.05) is 9.80 Å². The molecule has 2 aliphatic heterocycles. The lowest BCUT2D eigenvalue weighted by molar-refractivity contribution is 1.25. The summed E-state index contributed by atoms with van der Waals surface area (Å²) in [6.45, 7) is -0.0652. The van der Waals surface area contributed by atoms with Crippen molar-refractivity contribution in [1.29, 1.82) is 0 Å². The van der Waals surface area contributed by atoms with E-state index in [0.29, 0.717) is 0 Å². The topological polar surface area (TPSA) is 6.48 Å². The second kappa shape index (κ2) is 15.4. The summed E-state index contributed by atoms with van der Waals surface area (Å²) >= 11 is 0. The van der Waals surface area contributed by atoms with Crippen molar-refractivity contribution in [3.8, 4) is 55.6 Å². The van der Waals surface area contributed by atoms with Crippen LogP contribution in [0.2, 0.25) is 0 Å². The van der Waals surface area contributed by atoms with Crippen LogP contribution >= 0.6 is 0 Å². The Morgan fingerprint density at radius 3 is 1.13 bits per heavy atom. The zero-order chi connectivity index (χ0) is 41.7. The van der Waals surface area contributed by atoms with Crippen molar-refractivity contribution in [3.63, 3.8) is 0 Å². The Bertz CT molecular complexity index is 3230. The van der Waals surface area contributed by atoms with Crippen LogP contribution in [0.15, 0.2) is 249 Å². The highest BCUT2D eigenvalue weighted by molar-refractivity contribution is 7.01. The number of hydrogen-bond acceptors (Lipinski definition) is 2. The number of anilines is 6.